The van der Waals surface area contributed by atoms with Gasteiger partial charge in [0, 0.05) is 29.4 Å². The van der Waals surface area contributed by atoms with Crippen LogP contribution in [0.1, 0.15) is 99.0 Å². The summed E-state index contributed by atoms with van der Waals surface area (Å²) in [6.45, 7) is 2.14. The van der Waals surface area contributed by atoms with Gasteiger partial charge in [0.15, 0.2) is 5.78 Å². The molecular weight excluding hydrogens is 358 g/mol. The number of carbonyl (C=O) groups excluding carboxylic acids is 2. The molecule has 0 spiro atoms. The maximum atomic E-state index is 15.1. The van der Waals surface area contributed by atoms with Crippen LogP contribution in [-0.2, 0) is 17.6 Å². The Hall–Kier alpha value is -1.58. The molecule has 1 aromatic rings. The molecule has 0 radical (unpaired) electrons. The van der Waals surface area contributed by atoms with Crippen molar-refractivity contribution in [2.24, 2.45) is 11.8 Å². The maximum absolute atomic E-state index is 15.1. The molecule has 1 aromatic carbocycles. The van der Waals surface area contributed by atoms with Crippen molar-refractivity contribution in [3.8, 4) is 0 Å². The minimum atomic E-state index is -0.736. The lowest BCUT2D eigenvalue weighted by Gasteiger charge is -2.25. The van der Waals surface area contributed by atoms with Gasteiger partial charge in [-0.25, -0.2) is 8.78 Å². The van der Waals surface area contributed by atoms with Crippen molar-refractivity contribution in [3.05, 3.63) is 34.4 Å². The normalized spacial score (nSPS) is 20.2. The second-order valence-electron chi connectivity index (χ2n) is 8.60. The third-order valence-electron chi connectivity index (χ3n) is 6.61. The number of benzene rings is 1. The van der Waals surface area contributed by atoms with Crippen molar-refractivity contribution in [2.75, 3.05) is 0 Å². The Bertz CT molecular complexity index is 720. The summed E-state index contributed by atoms with van der Waals surface area (Å²) in [5.41, 5.74) is 0.391. The molecule has 1 fully saturated rings. The van der Waals surface area contributed by atoms with Crippen LogP contribution in [0.3, 0.4) is 0 Å². The van der Waals surface area contributed by atoms with Gasteiger partial charge in [0.2, 0.25) is 0 Å². The lowest BCUT2D eigenvalue weighted by Crippen LogP contribution is -2.26. The Balaban J connectivity index is 1.73. The average Bonchev–Trinajstić information content (AvgIpc) is 2.71. The molecule has 0 heterocycles. The van der Waals surface area contributed by atoms with Crippen molar-refractivity contribution in [3.63, 3.8) is 0 Å². The van der Waals surface area contributed by atoms with E-state index in [1.165, 1.54) is 6.07 Å². The molecule has 0 aliphatic heterocycles. The molecule has 2 nitrogen and oxygen atoms in total. The second-order valence-corrected chi connectivity index (χ2v) is 8.60. The van der Waals surface area contributed by atoms with Crippen LogP contribution in [0.15, 0.2) is 6.07 Å². The summed E-state index contributed by atoms with van der Waals surface area (Å²) >= 11 is 0. The van der Waals surface area contributed by atoms with E-state index in [2.05, 4.69) is 6.92 Å². The number of Topliss-reactive ketones (excluding diaryl/α,β-unsaturated/α-hetero) is 2. The van der Waals surface area contributed by atoms with E-state index in [-0.39, 0.29) is 41.0 Å². The van der Waals surface area contributed by atoms with Crippen molar-refractivity contribution in [2.45, 2.75) is 90.4 Å². The van der Waals surface area contributed by atoms with Crippen LogP contribution < -0.4 is 0 Å². The maximum Gasteiger partial charge on any atom is 0.166 e. The van der Waals surface area contributed by atoms with E-state index in [0.29, 0.717) is 18.4 Å². The van der Waals surface area contributed by atoms with Crippen LogP contribution in [0.25, 0.3) is 0 Å². The van der Waals surface area contributed by atoms with Gasteiger partial charge in [-0.1, -0.05) is 51.9 Å². The van der Waals surface area contributed by atoms with Crippen LogP contribution in [0.5, 0.6) is 0 Å². The van der Waals surface area contributed by atoms with Crippen LogP contribution in [0.2, 0.25) is 0 Å². The van der Waals surface area contributed by atoms with Crippen LogP contribution in [0.4, 0.5) is 8.78 Å². The molecule has 28 heavy (non-hydrogen) atoms. The number of ketones is 2. The van der Waals surface area contributed by atoms with Gasteiger partial charge in [0.1, 0.15) is 17.4 Å². The molecule has 4 heteroatoms. The van der Waals surface area contributed by atoms with E-state index < -0.39 is 11.6 Å². The first-order valence-electron chi connectivity index (χ1n) is 11.1. The molecule has 0 aromatic heterocycles. The standard InChI is InChI=1S/C24H32F2O2/c1-2-3-4-6-11-17-12-13-18-19(24(17)28)14-21(25)20(23(18)26)15-22(27)16-9-7-5-8-10-16/h14,16-17H,2-13,15H2,1H3. The van der Waals surface area contributed by atoms with Gasteiger partial charge in [0.25, 0.3) is 0 Å². The smallest absolute Gasteiger partial charge is 0.166 e. The van der Waals surface area contributed by atoms with Crippen LogP contribution in [-0.4, -0.2) is 11.6 Å². The topological polar surface area (TPSA) is 34.1 Å². The number of carbonyl (C=O) groups is 2. The Kier molecular flexibility index (Phi) is 7.36. The summed E-state index contributed by atoms with van der Waals surface area (Å²) in [5.74, 6) is -1.78. The Morgan fingerprint density at radius 1 is 1.07 bits per heavy atom. The minimum absolute atomic E-state index is 0.0617. The number of fused-ring (bicyclic) bond motifs is 1. The molecule has 0 amide bonds. The first kappa shape index (κ1) is 21.1. The van der Waals surface area contributed by atoms with E-state index in [1.807, 2.05) is 0 Å². The molecular formula is C24H32F2O2. The minimum Gasteiger partial charge on any atom is -0.299 e. The highest BCUT2D eigenvalue weighted by atomic mass is 19.1. The van der Waals surface area contributed by atoms with Crippen molar-refractivity contribution >= 4 is 11.6 Å². The average molecular weight is 391 g/mol. The number of rotatable bonds is 8. The predicted octanol–water partition coefficient (Wildman–Crippen LogP) is 6.37. The highest BCUT2D eigenvalue weighted by Crippen LogP contribution is 2.34. The third-order valence-corrected chi connectivity index (χ3v) is 6.61. The molecule has 2 aliphatic carbocycles. The predicted molar refractivity (Wildman–Crippen MR) is 107 cm³/mol. The largest absolute Gasteiger partial charge is 0.299 e. The molecule has 154 valence electrons. The van der Waals surface area contributed by atoms with Crippen molar-refractivity contribution in [1.82, 2.24) is 0 Å². The van der Waals surface area contributed by atoms with Crippen molar-refractivity contribution < 1.29 is 18.4 Å². The zero-order valence-electron chi connectivity index (χ0n) is 17.0. The summed E-state index contributed by atoms with van der Waals surface area (Å²) in [4.78, 5) is 25.3. The summed E-state index contributed by atoms with van der Waals surface area (Å²) in [5, 5.41) is 0. The zero-order valence-corrected chi connectivity index (χ0v) is 17.0. The number of halogens is 2. The van der Waals surface area contributed by atoms with Gasteiger partial charge >= 0.3 is 0 Å². The molecule has 2 aliphatic rings. The van der Waals surface area contributed by atoms with Crippen LogP contribution >= 0.6 is 0 Å². The summed E-state index contributed by atoms with van der Waals surface area (Å²) in [6.07, 6.45) is 10.9. The third kappa shape index (κ3) is 4.69. The molecule has 0 saturated heterocycles. The highest BCUT2D eigenvalue weighted by molar-refractivity contribution is 6.00. The molecule has 0 N–H and O–H groups in total. The molecule has 0 bridgehead atoms. The second kappa shape index (κ2) is 9.76. The van der Waals surface area contributed by atoms with Gasteiger partial charge in [-0.3, -0.25) is 9.59 Å². The SMILES string of the molecule is CCCCCCC1CCc2c(cc(F)c(CC(=O)C3CCCCC3)c2F)C1=O. The molecule has 3 rings (SSSR count). The quantitative estimate of drug-likeness (QED) is 0.483. The van der Waals surface area contributed by atoms with Gasteiger partial charge < -0.3 is 0 Å². The van der Waals surface area contributed by atoms with E-state index in [1.54, 1.807) is 0 Å². The van der Waals surface area contributed by atoms with Gasteiger partial charge in [-0.2, -0.15) is 0 Å². The molecule has 1 unspecified atom stereocenters. The number of hydrogen-bond donors (Lipinski definition) is 0. The van der Waals surface area contributed by atoms with E-state index in [9.17, 15) is 14.0 Å². The Labute approximate surface area is 167 Å². The van der Waals surface area contributed by atoms with Gasteiger partial charge in [-0.05, 0) is 43.7 Å². The van der Waals surface area contributed by atoms with E-state index in [0.717, 1.165) is 64.2 Å². The zero-order chi connectivity index (χ0) is 20.1. The monoisotopic (exact) mass is 390 g/mol. The summed E-state index contributed by atoms with van der Waals surface area (Å²) in [7, 11) is 0. The fraction of sp³-hybridized carbons (Fsp3) is 0.667. The first-order valence-corrected chi connectivity index (χ1v) is 11.1. The number of unbranched alkanes of at least 4 members (excludes halogenated alkanes) is 3. The van der Waals surface area contributed by atoms with E-state index in [4.69, 9.17) is 0 Å². The Morgan fingerprint density at radius 3 is 2.54 bits per heavy atom. The lowest BCUT2D eigenvalue weighted by atomic mass is 9.78. The summed E-state index contributed by atoms with van der Waals surface area (Å²) in [6, 6.07) is 1.20. The fourth-order valence-electron chi connectivity index (χ4n) is 4.84. The highest BCUT2D eigenvalue weighted by Gasteiger charge is 2.32. The van der Waals surface area contributed by atoms with Crippen molar-refractivity contribution in [1.29, 1.82) is 0 Å². The molecule has 1 atom stereocenters. The van der Waals surface area contributed by atoms with Crippen LogP contribution in [0, 0.1) is 23.5 Å². The van der Waals surface area contributed by atoms with Gasteiger partial charge in [-0.15, -0.1) is 0 Å². The van der Waals surface area contributed by atoms with Gasteiger partial charge in [0.05, 0.1) is 0 Å². The summed E-state index contributed by atoms with van der Waals surface area (Å²) < 4.78 is 29.7. The lowest BCUT2D eigenvalue weighted by molar-refractivity contribution is -0.123. The molecule has 1 saturated carbocycles. The van der Waals surface area contributed by atoms with E-state index >= 15 is 4.39 Å². The fourth-order valence-corrected chi connectivity index (χ4v) is 4.84. The Morgan fingerprint density at radius 2 is 1.82 bits per heavy atom. The number of hydrogen-bond acceptors (Lipinski definition) is 2. The first-order chi connectivity index (χ1) is 13.5.